The fourth-order valence-electron chi connectivity index (χ4n) is 2.35. The lowest BCUT2D eigenvalue weighted by Gasteiger charge is -2.25. The number of halogens is 1. The zero-order valence-corrected chi connectivity index (χ0v) is 12.5. The Bertz CT molecular complexity index is 540. The van der Waals surface area contributed by atoms with Crippen molar-refractivity contribution in [3.8, 4) is 0 Å². The maximum Gasteiger partial charge on any atom is 0.331 e. The lowest BCUT2D eigenvalue weighted by molar-refractivity contribution is -0.148. The zero-order valence-electron chi connectivity index (χ0n) is 11.8. The van der Waals surface area contributed by atoms with Crippen molar-refractivity contribution in [2.24, 2.45) is 5.92 Å². The van der Waals surface area contributed by atoms with E-state index in [0.717, 1.165) is 5.56 Å². The van der Waals surface area contributed by atoms with Gasteiger partial charge >= 0.3 is 5.97 Å². The highest BCUT2D eigenvalue weighted by atomic mass is 35.5. The monoisotopic (exact) mass is 311 g/mol. The lowest BCUT2D eigenvalue weighted by Crippen LogP contribution is -2.56. The average molecular weight is 312 g/mol. The first-order chi connectivity index (χ1) is 9.93. The van der Waals surface area contributed by atoms with Crippen molar-refractivity contribution in [1.82, 2.24) is 5.32 Å². The third-order valence-corrected chi connectivity index (χ3v) is 3.91. The smallest absolute Gasteiger partial charge is 0.331 e. The first-order valence-corrected chi connectivity index (χ1v) is 7.18. The maximum absolute atomic E-state index is 12.2. The summed E-state index contributed by atoms with van der Waals surface area (Å²) in [6.07, 6.45) is 0.793. The van der Waals surface area contributed by atoms with Crippen LogP contribution in [0.15, 0.2) is 24.3 Å². The number of carbonyl (C=O) groups excluding carboxylic acids is 1. The standard InChI is InChI=1S/C15H18ClNO4/c1-10(7-11-3-2-4-12(16)8-11)13(18)17-15(14(19)20)5-6-21-9-15/h2-4,8,10H,5-7,9H2,1H3,(H,17,18)(H,19,20). The average Bonchev–Trinajstić information content (AvgIpc) is 2.88. The Hall–Kier alpha value is -1.59. The van der Waals surface area contributed by atoms with Crippen LogP contribution in [0.5, 0.6) is 0 Å². The summed E-state index contributed by atoms with van der Waals surface area (Å²) < 4.78 is 5.12. The Morgan fingerprint density at radius 1 is 1.52 bits per heavy atom. The van der Waals surface area contributed by atoms with Gasteiger partial charge in [-0.25, -0.2) is 4.79 Å². The van der Waals surface area contributed by atoms with E-state index in [2.05, 4.69) is 5.32 Å². The Morgan fingerprint density at radius 3 is 2.86 bits per heavy atom. The van der Waals surface area contributed by atoms with E-state index < -0.39 is 11.5 Å². The molecule has 5 nitrogen and oxygen atoms in total. The third-order valence-electron chi connectivity index (χ3n) is 3.67. The van der Waals surface area contributed by atoms with E-state index in [1.165, 1.54) is 0 Å². The maximum atomic E-state index is 12.2. The highest BCUT2D eigenvalue weighted by molar-refractivity contribution is 6.30. The van der Waals surface area contributed by atoms with Gasteiger partial charge in [-0.1, -0.05) is 30.7 Å². The van der Waals surface area contributed by atoms with Gasteiger partial charge in [-0.2, -0.15) is 0 Å². The molecule has 2 N–H and O–H groups in total. The van der Waals surface area contributed by atoms with Crippen molar-refractivity contribution in [2.45, 2.75) is 25.3 Å². The van der Waals surface area contributed by atoms with Crippen LogP contribution in [0.2, 0.25) is 5.02 Å². The van der Waals surface area contributed by atoms with Crippen LogP contribution in [-0.2, 0) is 20.7 Å². The number of rotatable bonds is 5. The van der Waals surface area contributed by atoms with Crippen LogP contribution in [0.4, 0.5) is 0 Å². The Morgan fingerprint density at radius 2 is 2.29 bits per heavy atom. The molecule has 1 aromatic rings. The van der Waals surface area contributed by atoms with Gasteiger partial charge in [-0.05, 0) is 24.1 Å². The molecule has 0 aromatic heterocycles. The third kappa shape index (κ3) is 3.74. The first-order valence-electron chi connectivity index (χ1n) is 6.80. The molecule has 1 amide bonds. The molecule has 2 unspecified atom stereocenters. The summed E-state index contributed by atoms with van der Waals surface area (Å²) in [6.45, 7) is 2.12. The van der Waals surface area contributed by atoms with Gasteiger partial charge in [0.1, 0.15) is 0 Å². The van der Waals surface area contributed by atoms with Crippen molar-refractivity contribution in [3.05, 3.63) is 34.9 Å². The molecule has 0 spiro atoms. The quantitative estimate of drug-likeness (QED) is 0.870. The SMILES string of the molecule is CC(Cc1cccc(Cl)c1)C(=O)NC1(C(=O)O)CCOC1. The molecule has 114 valence electrons. The van der Waals surface area contributed by atoms with Gasteiger partial charge in [0.05, 0.1) is 6.61 Å². The number of hydrogen-bond donors (Lipinski definition) is 2. The lowest BCUT2D eigenvalue weighted by atomic mass is 9.95. The summed E-state index contributed by atoms with van der Waals surface area (Å²) in [4.78, 5) is 23.6. The van der Waals surface area contributed by atoms with Crippen molar-refractivity contribution >= 4 is 23.5 Å². The molecule has 1 heterocycles. The molecule has 21 heavy (non-hydrogen) atoms. The number of carboxylic acids is 1. The van der Waals surface area contributed by atoms with Gasteiger partial charge in [-0.15, -0.1) is 0 Å². The molecule has 0 radical (unpaired) electrons. The summed E-state index contributed by atoms with van der Waals surface area (Å²) >= 11 is 5.91. The predicted molar refractivity (Wildman–Crippen MR) is 78.3 cm³/mol. The fraction of sp³-hybridized carbons (Fsp3) is 0.467. The van der Waals surface area contributed by atoms with Crippen molar-refractivity contribution in [3.63, 3.8) is 0 Å². The van der Waals surface area contributed by atoms with E-state index in [0.29, 0.717) is 18.1 Å². The summed E-state index contributed by atoms with van der Waals surface area (Å²) in [5, 5.41) is 12.6. The van der Waals surface area contributed by atoms with E-state index >= 15 is 0 Å². The van der Waals surface area contributed by atoms with Gasteiger partial charge < -0.3 is 15.2 Å². The van der Waals surface area contributed by atoms with Crippen LogP contribution in [0.1, 0.15) is 18.9 Å². The van der Waals surface area contributed by atoms with E-state index in [-0.39, 0.29) is 24.9 Å². The Kier molecular flexibility index (Phi) is 4.85. The number of nitrogens with one attached hydrogen (secondary N) is 1. The van der Waals surface area contributed by atoms with Crippen LogP contribution in [0.25, 0.3) is 0 Å². The van der Waals surface area contributed by atoms with Gasteiger partial charge in [0.2, 0.25) is 5.91 Å². The fourth-order valence-corrected chi connectivity index (χ4v) is 2.57. The molecule has 2 atom stereocenters. The molecule has 0 bridgehead atoms. The molecule has 0 saturated carbocycles. The number of amides is 1. The minimum atomic E-state index is -1.29. The molecule has 1 aliphatic heterocycles. The van der Waals surface area contributed by atoms with E-state index in [4.69, 9.17) is 16.3 Å². The number of hydrogen-bond acceptors (Lipinski definition) is 3. The molecule has 1 saturated heterocycles. The Balaban J connectivity index is 2.01. The van der Waals surface area contributed by atoms with Crippen LogP contribution in [-0.4, -0.2) is 35.7 Å². The van der Waals surface area contributed by atoms with E-state index in [1.807, 2.05) is 12.1 Å². The highest BCUT2D eigenvalue weighted by Gasteiger charge is 2.44. The van der Waals surface area contributed by atoms with Gasteiger partial charge in [0, 0.05) is 24.0 Å². The molecule has 1 fully saturated rings. The minimum absolute atomic E-state index is 0.0119. The second kappa shape index (κ2) is 6.45. The first kappa shape index (κ1) is 15.8. The molecule has 0 aliphatic carbocycles. The van der Waals surface area contributed by atoms with Crippen molar-refractivity contribution in [2.75, 3.05) is 13.2 Å². The second-order valence-electron chi connectivity index (χ2n) is 5.41. The van der Waals surface area contributed by atoms with Crippen LogP contribution >= 0.6 is 11.6 Å². The summed E-state index contributed by atoms with van der Waals surface area (Å²) in [5.74, 6) is -1.69. The number of ether oxygens (including phenoxy) is 1. The molecular weight excluding hydrogens is 294 g/mol. The number of benzene rings is 1. The number of carboxylic acid groups (broad SMARTS) is 1. The molecular formula is C15H18ClNO4. The van der Waals surface area contributed by atoms with Gasteiger partial charge in [0.15, 0.2) is 5.54 Å². The largest absolute Gasteiger partial charge is 0.479 e. The zero-order chi connectivity index (χ0) is 15.5. The summed E-state index contributed by atoms with van der Waals surface area (Å²) in [5.41, 5.74) is -0.350. The Labute approximate surface area is 128 Å². The normalized spacial score (nSPS) is 22.8. The van der Waals surface area contributed by atoms with E-state index in [9.17, 15) is 14.7 Å². The number of aliphatic carboxylic acids is 1. The van der Waals surface area contributed by atoms with Crippen LogP contribution < -0.4 is 5.32 Å². The summed E-state index contributed by atoms with van der Waals surface area (Å²) in [7, 11) is 0. The molecule has 1 aromatic carbocycles. The molecule has 1 aliphatic rings. The van der Waals surface area contributed by atoms with Crippen LogP contribution in [0, 0.1) is 5.92 Å². The molecule has 6 heteroatoms. The van der Waals surface area contributed by atoms with Crippen LogP contribution in [0.3, 0.4) is 0 Å². The van der Waals surface area contributed by atoms with E-state index in [1.54, 1.807) is 19.1 Å². The summed E-state index contributed by atoms with van der Waals surface area (Å²) in [6, 6.07) is 7.29. The predicted octanol–water partition coefficient (Wildman–Crippen LogP) is 1.88. The minimum Gasteiger partial charge on any atom is -0.479 e. The van der Waals surface area contributed by atoms with Gasteiger partial charge in [-0.3, -0.25) is 4.79 Å². The highest BCUT2D eigenvalue weighted by Crippen LogP contribution is 2.21. The number of carbonyl (C=O) groups is 2. The van der Waals surface area contributed by atoms with Gasteiger partial charge in [0.25, 0.3) is 0 Å². The van der Waals surface area contributed by atoms with Crippen molar-refractivity contribution in [1.29, 1.82) is 0 Å². The topological polar surface area (TPSA) is 75.6 Å². The van der Waals surface area contributed by atoms with Crippen molar-refractivity contribution < 1.29 is 19.4 Å². The second-order valence-corrected chi connectivity index (χ2v) is 5.85. The molecule has 2 rings (SSSR count).